The van der Waals surface area contributed by atoms with Crippen molar-refractivity contribution in [1.82, 2.24) is 19.9 Å². The van der Waals surface area contributed by atoms with Crippen LogP contribution in [0.15, 0.2) is 4.52 Å². The van der Waals surface area contributed by atoms with E-state index in [9.17, 15) is 4.79 Å². The average molecular weight is 293 g/mol. The molecular formula is C14H23N5O2. The summed E-state index contributed by atoms with van der Waals surface area (Å²) in [5, 5.41) is 3.91. The van der Waals surface area contributed by atoms with Gasteiger partial charge in [0, 0.05) is 33.1 Å². The van der Waals surface area contributed by atoms with E-state index in [2.05, 4.69) is 15.0 Å². The van der Waals surface area contributed by atoms with Crippen LogP contribution in [0.5, 0.6) is 0 Å². The Bertz CT molecular complexity index is 501. The van der Waals surface area contributed by atoms with Gasteiger partial charge in [-0.3, -0.25) is 9.69 Å². The number of carbonyl (C=O) groups is 1. The third-order valence-corrected chi connectivity index (χ3v) is 4.52. The summed E-state index contributed by atoms with van der Waals surface area (Å²) in [6.07, 6.45) is 3.79. The lowest BCUT2D eigenvalue weighted by Crippen LogP contribution is -2.58. The molecule has 2 heterocycles. The van der Waals surface area contributed by atoms with Crippen molar-refractivity contribution in [3.05, 3.63) is 11.7 Å². The van der Waals surface area contributed by atoms with Crippen LogP contribution in [0.25, 0.3) is 0 Å². The number of aryl methyl sites for hydroxylation is 1. The third kappa shape index (κ3) is 3.08. The minimum absolute atomic E-state index is 0.134. The molecule has 116 valence electrons. The van der Waals surface area contributed by atoms with Crippen LogP contribution in [0.4, 0.5) is 0 Å². The van der Waals surface area contributed by atoms with E-state index in [4.69, 9.17) is 10.3 Å². The van der Waals surface area contributed by atoms with Gasteiger partial charge in [-0.05, 0) is 12.8 Å². The van der Waals surface area contributed by atoms with Gasteiger partial charge in [0.1, 0.15) is 0 Å². The number of carbonyl (C=O) groups excluding carboxylic acids is 1. The molecule has 1 saturated heterocycles. The SMILES string of the molecule is Cc1nc(CN2CCN(C(=O)C3(N)CCCC3)CC2)no1. The van der Waals surface area contributed by atoms with E-state index in [-0.39, 0.29) is 5.91 Å². The molecular weight excluding hydrogens is 270 g/mol. The fourth-order valence-electron chi connectivity index (χ4n) is 3.25. The molecule has 1 aromatic rings. The predicted molar refractivity (Wildman–Crippen MR) is 76.3 cm³/mol. The highest BCUT2D eigenvalue weighted by Crippen LogP contribution is 2.29. The molecule has 21 heavy (non-hydrogen) atoms. The molecule has 0 unspecified atom stereocenters. The normalized spacial score (nSPS) is 22.7. The van der Waals surface area contributed by atoms with Crippen molar-refractivity contribution >= 4 is 5.91 Å². The quantitative estimate of drug-likeness (QED) is 0.862. The van der Waals surface area contributed by atoms with Crippen LogP contribution < -0.4 is 5.73 Å². The lowest BCUT2D eigenvalue weighted by atomic mass is 9.97. The second-order valence-electron chi connectivity index (χ2n) is 6.16. The van der Waals surface area contributed by atoms with Crippen molar-refractivity contribution in [3.8, 4) is 0 Å². The highest BCUT2D eigenvalue weighted by Gasteiger charge is 2.40. The summed E-state index contributed by atoms with van der Waals surface area (Å²) in [5.41, 5.74) is 5.65. The number of amides is 1. The van der Waals surface area contributed by atoms with Crippen LogP contribution in [0.2, 0.25) is 0 Å². The Morgan fingerprint density at radius 2 is 1.95 bits per heavy atom. The number of hydrogen-bond donors (Lipinski definition) is 1. The molecule has 2 aliphatic rings. The molecule has 1 saturated carbocycles. The van der Waals surface area contributed by atoms with Crippen molar-refractivity contribution in [3.63, 3.8) is 0 Å². The van der Waals surface area contributed by atoms with Gasteiger partial charge in [-0.15, -0.1) is 0 Å². The van der Waals surface area contributed by atoms with E-state index in [0.29, 0.717) is 18.3 Å². The summed E-state index contributed by atoms with van der Waals surface area (Å²) >= 11 is 0. The first-order valence-electron chi connectivity index (χ1n) is 7.67. The smallest absolute Gasteiger partial charge is 0.242 e. The van der Waals surface area contributed by atoms with Gasteiger partial charge in [-0.2, -0.15) is 4.98 Å². The molecule has 3 rings (SSSR count). The summed E-state index contributed by atoms with van der Waals surface area (Å²) in [6.45, 7) is 5.58. The van der Waals surface area contributed by atoms with E-state index < -0.39 is 5.54 Å². The van der Waals surface area contributed by atoms with Gasteiger partial charge in [0.05, 0.1) is 12.1 Å². The van der Waals surface area contributed by atoms with Crippen molar-refractivity contribution in [2.24, 2.45) is 5.73 Å². The Morgan fingerprint density at radius 1 is 1.29 bits per heavy atom. The topological polar surface area (TPSA) is 88.5 Å². The van der Waals surface area contributed by atoms with Gasteiger partial charge in [-0.25, -0.2) is 0 Å². The highest BCUT2D eigenvalue weighted by molar-refractivity contribution is 5.86. The largest absolute Gasteiger partial charge is 0.340 e. The zero-order chi connectivity index (χ0) is 14.9. The maximum atomic E-state index is 12.5. The lowest BCUT2D eigenvalue weighted by Gasteiger charge is -2.38. The minimum atomic E-state index is -0.604. The van der Waals surface area contributed by atoms with Crippen LogP contribution in [-0.2, 0) is 11.3 Å². The Kier molecular flexibility index (Phi) is 3.95. The first-order chi connectivity index (χ1) is 10.1. The molecule has 7 heteroatoms. The van der Waals surface area contributed by atoms with Crippen molar-refractivity contribution < 1.29 is 9.32 Å². The van der Waals surface area contributed by atoms with Crippen molar-refractivity contribution in [2.45, 2.75) is 44.7 Å². The standard InChI is InChI=1S/C14H23N5O2/c1-11-16-12(17-21-11)10-18-6-8-19(9-7-18)13(20)14(15)4-2-3-5-14/h2-10,15H2,1H3. The Hall–Kier alpha value is -1.47. The number of nitrogens with two attached hydrogens (primary N) is 1. The molecule has 1 aliphatic heterocycles. The summed E-state index contributed by atoms with van der Waals surface area (Å²) < 4.78 is 4.98. The van der Waals surface area contributed by atoms with E-state index in [0.717, 1.165) is 51.9 Å². The zero-order valence-corrected chi connectivity index (χ0v) is 12.5. The number of hydrogen-bond acceptors (Lipinski definition) is 6. The van der Waals surface area contributed by atoms with E-state index in [1.807, 2.05) is 4.90 Å². The van der Waals surface area contributed by atoms with E-state index in [1.54, 1.807) is 6.92 Å². The molecule has 0 atom stereocenters. The van der Waals surface area contributed by atoms with Crippen LogP contribution in [0.3, 0.4) is 0 Å². The molecule has 2 fully saturated rings. The minimum Gasteiger partial charge on any atom is -0.340 e. The van der Waals surface area contributed by atoms with Gasteiger partial charge in [0.15, 0.2) is 5.82 Å². The maximum absolute atomic E-state index is 12.5. The summed E-state index contributed by atoms with van der Waals surface area (Å²) in [6, 6.07) is 0. The van der Waals surface area contributed by atoms with Crippen molar-refractivity contribution in [1.29, 1.82) is 0 Å². The molecule has 0 aromatic carbocycles. The van der Waals surface area contributed by atoms with Crippen LogP contribution in [0, 0.1) is 6.92 Å². The molecule has 1 aliphatic carbocycles. The zero-order valence-electron chi connectivity index (χ0n) is 12.5. The maximum Gasteiger partial charge on any atom is 0.242 e. The molecule has 2 N–H and O–H groups in total. The Balaban J connectivity index is 1.52. The number of rotatable bonds is 3. The molecule has 1 aromatic heterocycles. The van der Waals surface area contributed by atoms with Crippen molar-refractivity contribution in [2.75, 3.05) is 26.2 Å². The summed E-state index contributed by atoms with van der Waals surface area (Å²) in [7, 11) is 0. The van der Waals surface area contributed by atoms with Gasteiger partial charge < -0.3 is 15.2 Å². The second-order valence-corrected chi connectivity index (χ2v) is 6.16. The molecule has 0 bridgehead atoms. The summed E-state index contributed by atoms with van der Waals surface area (Å²) in [5.74, 6) is 1.43. The number of nitrogens with zero attached hydrogens (tertiary/aromatic N) is 4. The average Bonchev–Trinajstić information content (AvgIpc) is 3.09. The van der Waals surface area contributed by atoms with Crippen LogP contribution >= 0.6 is 0 Å². The summed E-state index contributed by atoms with van der Waals surface area (Å²) in [4.78, 5) is 20.9. The van der Waals surface area contributed by atoms with Gasteiger partial charge >= 0.3 is 0 Å². The fraction of sp³-hybridized carbons (Fsp3) is 0.786. The Morgan fingerprint density at radius 3 is 2.52 bits per heavy atom. The fourth-order valence-corrected chi connectivity index (χ4v) is 3.25. The predicted octanol–water partition coefficient (Wildman–Crippen LogP) is 0.294. The van der Waals surface area contributed by atoms with E-state index >= 15 is 0 Å². The van der Waals surface area contributed by atoms with Gasteiger partial charge in [0.25, 0.3) is 0 Å². The highest BCUT2D eigenvalue weighted by atomic mass is 16.5. The third-order valence-electron chi connectivity index (χ3n) is 4.52. The first kappa shape index (κ1) is 14.5. The molecule has 1 amide bonds. The molecule has 0 radical (unpaired) electrons. The van der Waals surface area contributed by atoms with E-state index in [1.165, 1.54) is 0 Å². The first-order valence-corrected chi connectivity index (χ1v) is 7.67. The lowest BCUT2D eigenvalue weighted by molar-refractivity contribution is -0.138. The number of piperazine rings is 1. The van der Waals surface area contributed by atoms with Crippen LogP contribution in [-0.4, -0.2) is 57.6 Å². The second kappa shape index (κ2) is 5.73. The number of aromatic nitrogens is 2. The van der Waals surface area contributed by atoms with Crippen LogP contribution in [0.1, 0.15) is 37.4 Å². The monoisotopic (exact) mass is 293 g/mol. The van der Waals surface area contributed by atoms with Gasteiger partial charge in [0.2, 0.25) is 11.8 Å². The molecule has 0 spiro atoms. The Labute approximate surface area is 124 Å². The molecule has 7 nitrogen and oxygen atoms in total. The van der Waals surface area contributed by atoms with Gasteiger partial charge in [-0.1, -0.05) is 18.0 Å².